The first-order chi connectivity index (χ1) is 3.68. The van der Waals surface area contributed by atoms with Crippen molar-refractivity contribution in [3.05, 3.63) is 0 Å². The Kier molecular flexibility index (Phi) is 3.14. The lowest BCUT2D eigenvalue weighted by Crippen LogP contribution is -2.31. The molecule has 0 saturated carbocycles. The summed E-state index contributed by atoms with van der Waals surface area (Å²) in [5.41, 5.74) is 1.96. The standard InChI is InChI=1S/C4H9NO3/c1-3(6)4(7)5-8-2/h3,6H,1-2H3,(H,5,7)/t3-/m0/s1. The molecule has 0 aliphatic rings. The maximum Gasteiger partial charge on any atom is 0.272 e. The van der Waals surface area contributed by atoms with Gasteiger partial charge in [-0.05, 0) is 6.92 Å². The van der Waals surface area contributed by atoms with Gasteiger partial charge in [0.25, 0.3) is 5.91 Å². The van der Waals surface area contributed by atoms with E-state index >= 15 is 0 Å². The Morgan fingerprint density at radius 3 is 2.50 bits per heavy atom. The molecule has 0 heterocycles. The fourth-order valence-electron chi connectivity index (χ4n) is 0.186. The molecule has 0 aromatic heterocycles. The smallest absolute Gasteiger partial charge is 0.272 e. The summed E-state index contributed by atoms with van der Waals surface area (Å²) in [4.78, 5) is 14.5. The minimum Gasteiger partial charge on any atom is -0.383 e. The van der Waals surface area contributed by atoms with E-state index in [1.165, 1.54) is 14.0 Å². The number of nitrogens with one attached hydrogen (secondary N) is 1. The number of rotatable bonds is 2. The van der Waals surface area contributed by atoms with Crippen LogP contribution in [-0.4, -0.2) is 24.2 Å². The van der Waals surface area contributed by atoms with E-state index in [9.17, 15) is 4.79 Å². The van der Waals surface area contributed by atoms with Crippen LogP contribution in [0.1, 0.15) is 6.92 Å². The molecule has 0 aliphatic carbocycles. The number of amides is 1. The molecule has 4 nitrogen and oxygen atoms in total. The molecule has 0 radical (unpaired) electrons. The van der Waals surface area contributed by atoms with Crippen molar-refractivity contribution >= 4 is 5.91 Å². The zero-order valence-corrected chi connectivity index (χ0v) is 4.84. The van der Waals surface area contributed by atoms with E-state index in [0.717, 1.165) is 0 Å². The molecule has 0 fully saturated rings. The Hall–Kier alpha value is -0.610. The largest absolute Gasteiger partial charge is 0.383 e. The zero-order chi connectivity index (χ0) is 6.57. The Balaban J connectivity index is 3.33. The van der Waals surface area contributed by atoms with E-state index in [0.29, 0.717) is 0 Å². The van der Waals surface area contributed by atoms with Crippen LogP contribution in [0.3, 0.4) is 0 Å². The predicted molar refractivity (Wildman–Crippen MR) is 26.8 cm³/mol. The molecular formula is C4H9NO3. The molecule has 0 aliphatic heterocycles. The van der Waals surface area contributed by atoms with Gasteiger partial charge in [0.2, 0.25) is 0 Å². The molecule has 48 valence electrons. The number of carbonyl (C=O) groups excluding carboxylic acids is 1. The number of hydrogen-bond acceptors (Lipinski definition) is 3. The van der Waals surface area contributed by atoms with E-state index in [2.05, 4.69) is 4.84 Å². The summed E-state index contributed by atoms with van der Waals surface area (Å²) in [5.74, 6) is -0.535. The van der Waals surface area contributed by atoms with Crippen molar-refractivity contribution < 1.29 is 14.7 Å². The number of aliphatic hydroxyl groups excluding tert-OH is 1. The Labute approximate surface area is 47.4 Å². The third-order valence-corrected chi connectivity index (χ3v) is 0.582. The van der Waals surface area contributed by atoms with Gasteiger partial charge >= 0.3 is 0 Å². The minimum absolute atomic E-state index is 0.535. The van der Waals surface area contributed by atoms with Gasteiger partial charge < -0.3 is 5.11 Å². The maximum atomic E-state index is 10.3. The van der Waals surface area contributed by atoms with Crippen LogP contribution in [0.5, 0.6) is 0 Å². The molecule has 1 atom stereocenters. The number of carbonyl (C=O) groups is 1. The molecular weight excluding hydrogens is 110 g/mol. The highest BCUT2D eigenvalue weighted by molar-refractivity contribution is 5.78. The molecule has 0 unspecified atom stereocenters. The van der Waals surface area contributed by atoms with Crippen molar-refractivity contribution in [1.82, 2.24) is 5.48 Å². The van der Waals surface area contributed by atoms with Crippen LogP contribution in [0.4, 0.5) is 0 Å². The van der Waals surface area contributed by atoms with Gasteiger partial charge in [0.05, 0.1) is 7.11 Å². The number of hydrogen-bond donors (Lipinski definition) is 2. The first-order valence-corrected chi connectivity index (χ1v) is 2.19. The summed E-state index contributed by atoms with van der Waals surface area (Å²) in [6.45, 7) is 1.36. The molecule has 0 aromatic rings. The topological polar surface area (TPSA) is 58.6 Å². The van der Waals surface area contributed by atoms with Gasteiger partial charge in [0.15, 0.2) is 0 Å². The van der Waals surface area contributed by atoms with Crippen molar-refractivity contribution in [2.24, 2.45) is 0 Å². The van der Waals surface area contributed by atoms with Crippen molar-refractivity contribution in [3.8, 4) is 0 Å². The van der Waals surface area contributed by atoms with E-state index in [1.54, 1.807) is 0 Å². The average Bonchev–Trinajstić information content (AvgIpc) is 1.67. The van der Waals surface area contributed by atoms with Gasteiger partial charge in [-0.3, -0.25) is 9.63 Å². The lowest BCUT2D eigenvalue weighted by atomic mass is 10.4. The van der Waals surface area contributed by atoms with E-state index in [-0.39, 0.29) is 0 Å². The normalized spacial score (nSPS) is 12.9. The van der Waals surface area contributed by atoms with Crippen LogP contribution in [0.15, 0.2) is 0 Å². The second-order valence-corrected chi connectivity index (χ2v) is 1.35. The molecule has 0 spiro atoms. The number of aliphatic hydroxyl groups is 1. The molecule has 0 rings (SSSR count). The second-order valence-electron chi connectivity index (χ2n) is 1.35. The van der Waals surface area contributed by atoms with Crippen molar-refractivity contribution in [3.63, 3.8) is 0 Å². The van der Waals surface area contributed by atoms with Crippen molar-refractivity contribution in [2.75, 3.05) is 7.11 Å². The summed E-state index contributed by atoms with van der Waals surface area (Å²) in [6.07, 6.45) is -1.00. The Morgan fingerprint density at radius 2 is 2.38 bits per heavy atom. The average molecular weight is 119 g/mol. The van der Waals surface area contributed by atoms with E-state index in [1.807, 2.05) is 5.48 Å². The summed E-state index contributed by atoms with van der Waals surface area (Å²) in [6, 6.07) is 0. The maximum absolute atomic E-state index is 10.3. The summed E-state index contributed by atoms with van der Waals surface area (Å²) in [7, 11) is 1.31. The number of hydroxylamine groups is 1. The van der Waals surface area contributed by atoms with Crippen molar-refractivity contribution in [1.29, 1.82) is 0 Å². The Bertz CT molecular complexity index is 81.4. The van der Waals surface area contributed by atoms with E-state index in [4.69, 9.17) is 5.11 Å². The van der Waals surface area contributed by atoms with Crippen LogP contribution in [0.2, 0.25) is 0 Å². The molecule has 2 N–H and O–H groups in total. The van der Waals surface area contributed by atoms with Crippen LogP contribution >= 0.6 is 0 Å². The highest BCUT2D eigenvalue weighted by Crippen LogP contribution is 1.76. The third-order valence-electron chi connectivity index (χ3n) is 0.582. The summed E-state index contributed by atoms with van der Waals surface area (Å²) < 4.78 is 0. The first-order valence-electron chi connectivity index (χ1n) is 2.19. The van der Waals surface area contributed by atoms with Gasteiger partial charge in [-0.15, -0.1) is 0 Å². The molecule has 0 aromatic carbocycles. The fraction of sp³-hybridized carbons (Fsp3) is 0.750. The van der Waals surface area contributed by atoms with Gasteiger partial charge in [-0.25, -0.2) is 5.48 Å². The highest BCUT2D eigenvalue weighted by atomic mass is 16.6. The first kappa shape index (κ1) is 7.39. The molecule has 4 heteroatoms. The van der Waals surface area contributed by atoms with Crippen molar-refractivity contribution in [2.45, 2.75) is 13.0 Å². The third kappa shape index (κ3) is 2.54. The fourth-order valence-corrected chi connectivity index (χ4v) is 0.186. The quantitative estimate of drug-likeness (QED) is 0.460. The zero-order valence-electron chi connectivity index (χ0n) is 4.84. The SMILES string of the molecule is CONC(=O)[C@H](C)O. The molecule has 0 bridgehead atoms. The van der Waals surface area contributed by atoms with Gasteiger partial charge in [-0.2, -0.15) is 0 Å². The highest BCUT2D eigenvalue weighted by Gasteiger charge is 2.05. The van der Waals surface area contributed by atoms with Crippen LogP contribution in [0.25, 0.3) is 0 Å². The van der Waals surface area contributed by atoms with Crippen LogP contribution < -0.4 is 5.48 Å². The second kappa shape index (κ2) is 3.40. The lowest BCUT2D eigenvalue weighted by molar-refractivity contribution is -0.139. The van der Waals surface area contributed by atoms with Gasteiger partial charge in [0, 0.05) is 0 Å². The van der Waals surface area contributed by atoms with Crippen LogP contribution in [0, 0.1) is 0 Å². The minimum atomic E-state index is -1.00. The van der Waals surface area contributed by atoms with Crippen LogP contribution in [-0.2, 0) is 9.63 Å². The molecule has 0 saturated heterocycles. The predicted octanol–water partition coefficient (Wildman–Crippen LogP) is -0.955. The summed E-state index contributed by atoms with van der Waals surface area (Å²) in [5, 5.41) is 8.46. The van der Waals surface area contributed by atoms with Gasteiger partial charge in [-0.1, -0.05) is 0 Å². The van der Waals surface area contributed by atoms with Gasteiger partial charge in [0.1, 0.15) is 6.10 Å². The summed E-state index contributed by atoms with van der Waals surface area (Å²) >= 11 is 0. The van der Waals surface area contributed by atoms with E-state index < -0.39 is 12.0 Å². The lowest BCUT2D eigenvalue weighted by Gasteiger charge is -2.01. The molecule has 8 heavy (non-hydrogen) atoms. The monoisotopic (exact) mass is 119 g/mol. The Morgan fingerprint density at radius 1 is 1.88 bits per heavy atom. The molecule has 1 amide bonds.